The number of amides is 1. The standard InChI is InChI=1S/C13H14N2O5/c1-7(13(17)18)14-11(16)6-9-8(2)20-12(15-9)10-4-3-5-19-10/h3-5,7H,6H2,1-2H3,(H,14,16)(H,17,18). The van der Waals surface area contributed by atoms with Gasteiger partial charge in [0.25, 0.3) is 5.89 Å². The van der Waals surface area contributed by atoms with Gasteiger partial charge in [-0.15, -0.1) is 0 Å². The summed E-state index contributed by atoms with van der Waals surface area (Å²) in [6, 6.07) is 2.46. The molecule has 2 aromatic heterocycles. The molecule has 0 aromatic carbocycles. The highest BCUT2D eigenvalue weighted by Gasteiger charge is 2.19. The van der Waals surface area contributed by atoms with E-state index in [-0.39, 0.29) is 6.42 Å². The molecule has 7 heteroatoms. The summed E-state index contributed by atoms with van der Waals surface area (Å²) in [6.07, 6.45) is 1.45. The zero-order valence-corrected chi connectivity index (χ0v) is 11.0. The highest BCUT2D eigenvalue weighted by atomic mass is 16.4. The van der Waals surface area contributed by atoms with Crippen molar-refractivity contribution >= 4 is 11.9 Å². The number of oxazole rings is 1. The number of aliphatic carboxylic acids is 1. The summed E-state index contributed by atoms with van der Waals surface area (Å²) in [7, 11) is 0. The van der Waals surface area contributed by atoms with E-state index in [9.17, 15) is 9.59 Å². The van der Waals surface area contributed by atoms with Crippen LogP contribution in [0.15, 0.2) is 27.2 Å². The third kappa shape index (κ3) is 3.05. The fourth-order valence-electron chi connectivity index (χ4n) is 1.60. The molecule has 2 heterocycles. The lowest BCUT2D eigenvalue weighted by atomic mass is 10.2. The van der Waals surface area contributed by atoms with Gasteiger partial charge in [-0.3, -0.25) is 9.59 Å². The molecule has 106 valence electrons. The molecule has 0 aliphatic heterocycles. The van der Waals surface area contributed by atoms with Crippen LogP contribution in [0.1, 0.15) is 18.4 Å². The molecule has 1 amide bonds. The smallest absolute Gasteiger partial charge is 0.325 e. The lowest BCUT2D eigenvalue weighted by Gasteiger charge is -2.07. The van der Waals surface area contributed by atoms with Crippen LogP contribution in [0.2, 0.25) is 0 Å². The van der Waals surface area contributed by atoms with Crippen molar-refractivity contribution < 1.29 is 23.5 Å². The fraction of sp³-hybridized carbons (Fsp3) is 0.308. The van der Waals surface area contributed by atoms with Gasteiger partial charge >= 0.3 is 5.97 Å². The maximum absolute atomic E-state index is 11.7. The van der Waals surface area contributed by atoms with E-state index < -0.39 is 17.9 Å². The summed E-state index contributed by atoms with van der Waals surface area (Å²) in [6.45, 7) is 3.08. The van der Waals surface area contributed by atoms with Gasteiger partial charge in [0.05, 0.1) is 18.4 Å². The van der Waals surface area contributed by atoms with E-state index in [1.54, 1.807) is 19.1 Å². The first kappa shape index (κ1) is 13.9. The SMILES string of the molecule is Cc1oc(-c2ccco2)nc1CC(=O)NC(C)C(=O)O. The molecular formula is C13H14N2O5. The molecule has 1 atom stereocenters. The average Bonchev–Trinajstić information content (AvgIpc) is 2.99. The van der Waals surface area contributed by atoms with E-state index in [2.05, 4.69) is 10.3 Å². The summed E-state index contributed by atoms with van der Waals surface area (Å²) < 4.78 is 10.6. The Morgan fingerprint density at radius 2 is 2.25 bits per heavy atom. The molecule has 0 radical (unpaired) electrons. The first-order chi connectivity index (χ1) is 9.47. The predicted molar refractivity (Wildman–Crippen MR) is 67.9 cm³/mol. The first-order valence-electron chi connectivity index (χ1n) is 5.99. The molecule has 0 aliphatic carbocycles. The van der Waals surface area contributed by atoms with E-state index in [1.165, 1.54) is 13.2 Å². The number of nitrogens with zero attached hydrogens (tertiary/aromatic N) is 1. The Bertz CT molecular complexity index is 615. The second-order valence-electron chi connectivity index (χ2n) is 4.30. The molecule has 7 nitrogen and oxygen atoms in total. The summed E-state index contributed by atoms with van der Waals surface area (Å²) in [5.74, 6) is -0.261. The van der Waals surface area contributed by atoms with Crippen molar-refractivity contribution in [2.75, 3.05) is 0 Å². The molecule has 2 aromatic rings. The minimum atomic E-state index is -1.09. The number of aromatic nitrogens is 1. The minimum absolute atomic E-state index is 0.0480. The highest BCUT2D eigenvalue weighted by molar-refractivity contribution is 5.84. The minimum Gasteiger partial charge on any atom is -0.480 e. The number of carbonyl (C=O) groups is 2. The molecule has 20 heavy (non-hydrogen) atoms. The molecular weight excluding hydrogens is 264 g/mol. The summed E-state index contributed by atoms with van der Waals surface area (Å²) in [5.41, 5.74) is 0.450. The van der Waals surface area contributed by atoms with Gasteiger partial charge in [-0.05, 0) is 26.0 Å². The Hall–Kier alpha value is -2.57. The molecule has 0 saturated heterocycles. The number of aryl methyl sites for hydroxylation is 1. The summed E-state index contributed by atoms with van der Waals surface area (Å²) in [5, 5.41) is 11.1. The number of carboxylic acid groups (broad SMARTS) is 1. The molecule has 0 aliphatic rings. The molecule has 0 fully saturated rings. The van der Waals surface area contributed by atoms with Crippen LogP contribution in [0.5, 0.6) is 0 Å². The average molecular weight is 278 g/mol. The molecule has 0 saturated carbocycles. The van der Waals surface area contributed by atoms with Crippen LogP contribution in [0.4, 0.5) is 0 Å². The summed E-state index contributed by atoms with van der Waals surface area (Å²) in [4.78, 5) is 26.5. The van der Waals surface area contributed by atoms with Crippen LogP contribution in [0.3, 0.4) is 0 Å². The van der Waals surface area contributed by atoms with Crippen molar-refractivity contribution in [1.29, 1.82) is 0 Å². The molecule has 0 bridgehead atoms. The Kier molecular flexibility index (Phi) is 3.88. The number of hydrogen-bond acceptors (Lipinski definition) is 5. The van der Waals surface area contributed by atoms with Crippen molar-refractivity contribution in [3.05, 3.63) is 29.9 Å². The number of rotatable bonds is 5. The number of nitrogens with one attached hydrogen (secondary N) is 1. The molecule has 2 rings (SSSR count). The topological polar surface area (TPSA) is 106 Å². The van der Waals surface area contributed by atoms with E-state index in [0.717, 1.165) is 0 Å². The van der Waals surface area contributed by atoms with Gasteiger partial charge in [0.15, 0.2) is 5.76 Å². The van der Waals surface area contributed by atoms with Gasteiger partial charge < -0.3 is 19.3 Å². The summed E-state index contributed by atoms with van der Waals surface area (Å²) >= 11 is 0. The van der Waals surface area contributed by atoms with Crippen molar-refractivity contribution in [1.82, 2.24) is 10.3 Å². The van der Waals surface area contributed by atoms with Crippen molar-refractivity contribution in [2.45, 2.75) is 26.3 Å². The lowest BCUT2D eigenvalue weighted by Crippen LogP contribution is -2.39. The maximum Gasteiger partial charge on any atom is 0.325 e. The monoisotopic (exact) mass is 278 g/mol. The van der Waals surface area contributed by atoms with Crippen molar-refractivity contribution in [2.24, 2.45) is 0 Å². The number of carbonyl (C=O) groups excluding carboxylic acids is 1. The number of hydrogen-bond donors (Lipinski definition) is 2. The zero-order valence-electron chi connectivity index (χ0n) is 11.0. The van der Waals surface area contributed by atoms with Gasteiger partial charge in [0.2, 0.25) is 5.91 Å². The number of furan rings is 1. The number of carboxylic acids is 1. The second-order valence-corrected chi connectivity index (χ2v) is 4.30. The quantitative estimate of drug-likeness (QED) is 0.855. The lowest BCUT2D eigenvalue weighted by molar-refractivity contribution is -0.141. The Labute approximate surface area is 114 Å². The van der Waals surface area contributed by atoms with Gasteiger partial charge in [-0.25, -0.2) is 4.98 Å². The van der Waals surface area contributed by atoms with Gasteiger partial charge in [-0.1, -0.05) is 0 Å². The largest absolute Gasteiger partial charge is 0.480 e. The molecule has 2 N–H and O–H groups in total. The highest BCUT2D eigenvalue weighted by Crippen LogP contribution is 2.22. The van der Waals surface area contributed by atoms with Crippen LogP contribution >= 0.6 is 0 Å². The normalized spacial score (nSPS) is 12.1. The third-order valence-corrected chi connectivity index (χ3v) is 2.70. The molecule has 1 unspecified atom stereocenters. The predicted octanol–water partition coefficient (Wildman–Crippen LogP) is 1.37. The van der Waals surface area contributed by atoms with Crippen LogP contribution in [-0.4, -0.2) is 28.0 Å². The van der Waals surface area contributed by atoms with Crippen LogP contribution < -0.4 is 5.32 Å². The Morgan fingerprint density at radius 1 is 1.50 bits per heavy atom. The van der Waals surface area contributed by atoms with Crippen LogP contribution in [0, 0.1) is 6.92 Å². The Morgan fingerprint density at radius 3 is 2.85 bits per heavy atom. The van der Waals surface area contributed by atoms with Crippen LogP contribution in [-0.2, 0) is 16.0 Å². The fourth-order valence-corrected chi connectivity index (χ4v) is 1.60. The van der Waals surface area contributed by atoms with Crippen molar-refractivity contribution in [3.8, 4) is 11.7 Å². The van der Waals surface area contributed by atoms with Gasteiger partial charge in [0, 0.05) is 0 Å². The van der Waals surface area contributed by atoms with Crippen LogP contribution in [0.25, 0.3) is 11.7 Å². The van der Waals surface area contributed by atoms with E-state index in [0.29, 0.717) is 23.1 Å². The molecule has 0 spiro atoms. The zero-order chi connectivity index (χ0) is 14.7. The Balaban J connectivity index is 2.07. The second kappa shape index (κ2) is 5.60. The maximum atomic E-state index is 11.7. The van der Waals surface area contributed by atoms with E-state index in [1.807, 2.05) is 0 Å². The van der Waals surface area contributed by atoms with Gasteiger partial charge in [-0.2, -0.15) is 0 Å². The van der Waals surface area contributed by atoms with E-state index in [4.69, 9.17) is 13.9 Å². The van der Waals surface area contributed by atoms with E-state index >= 15 is 0 Å². The van der Waals surface area contributed by atoms with Crippen molar-refractivity contribution in [3.63, 3.8) is 0 Å². The first-order valence-corrected chi connectivity index (χ1v) is 5.99. The van der Waals surface area contributed by atoms with Gasteiger partial charge in [0.1, 0.15) is 11.8 Å². The third-order valence-electron chi connectivity index (χ3n) is 2.70.